The average molecular weight is 184 g/mol. The number of hydrogen-bond acceptors (Lipinski definition) is 1. The van der Waals surface area contributed by atoms with E-state index >= 15 is 0 Å². The number of aryl methyl sites for hydroxylation is 1. The monoisotopic (exact) mass is 183 g/mol. The highest BCUT2D eigenvalue weighted by atomic mass is 35.5. The molecule has 2 heteroatoms. The number of alkyl halides is 1. The Bertz CT molecular complexity index is 235. The standard InChI is InChI=1S/C10H14ClN/c11-7-3-6-9-4-1-2-5-10(9)8-12/h1-2,4-5H,3,6-8,12H2. The normalized spacial score (nSPS) is 10.2. The van der Waals surface area contributed by atoms with Crippen molar-refractivity contribution in [3.63, 3.8) is 0 Å². The van der Waals surface area contributed by atoms with E-state index in [9.17, 15) is 0 Å². The fraction of sp³-hybridized carbons (Fsp3) is 0.400. The first-order valence-electron chi connectivity index (χ1n) is 4.21. The summed E-state index contributed by atoms with van der Waals surface area (Å²) in [5.41, 5.74) is 8.16. The van der Waals surface area contributed by atoms with Gasteiger partial charge in [-0.2, -0.15) is 0 Å². The summed E-state index contributed by atoms with van der Waals surface area (Å²) >= 11 is 5.62. The highest BCUT2D eigenvalue weighted by Gasteiger charge is 1.97. The highest BCUT2D eigenvalue weighted by Crippen LogP contribution is 2.10. The molecule has 1 aromatic carbocycles. The van der Waals surface area contributed by atoms with E-state index in [2.05, 4.69) is 12.1 Å². The molecule has 0 saturated heterocycles. The third-order valence-corrected chi connectivity index (χ3v) is 2.19. The van der Waals surface area contributed by atoms with Crippen LogP contribution in [0.15, 0.2) is 24.3 Å². The van der Waals surface area contributed by atoms with Gasteiger partial charge in [0, 0.05) is 12.4 Å². The minimum Gasteiger partial charge on any atom is -0.326 e. The molecule has 1 rings (SSSR count). The summed E-state index contributed by atoms with van der Waals surface area (Å²) in [5, 5.41) is 0. The summed E-state index contributed by atoms with van der Waals surface area (Å²) in [5.74, 6) is 0.721. The van der Waals surface area contributed by atoms with Crippen LogP contribution in [0.4, 0.5) is 0 Å². The molecule has 0 aromatic heterocycles. The number of benzene rings is 1. The molecule has 0 aliphatic heterocycles. The van der Waals surface area contributed by atoms with Crippen LogP contribution in [0.1, 0.15) is 17.5 Å². The van der Waals surface area contributed by atoms with Crippen molar-refractivity contribution in [3.8, 4) is 0 Å². The van der Waals surface area contributed by atoms with E-state index in [4.69, 9.17) is 17.3 Å². The van der Waals surface area contributed by atoms with Crippen LogP contribution in [0.3, 0.4) is 0 Å². The lowest BCUT2D eigenvalue weighted by Crippen LogP contribution is -2.01. The Morgan fingerprint density at radius 2 is 1.83 bits per heavy atom. The minimum atomic E-state index is 0.623. The maximum atomic E-state index is 5.62. The van der Waals surface area contributed by atoms with E-state index in [1.807, 2.05) is 12.1 Å². The smallest absolute Gasteiger partial charge is 0.0226 e. The summed E-state index contributed by atoms with van der Waals surface area (Å²) in [4.78, 5) is 0. The van der Waals surface area contributed by atoms with Crippen molar-refractivity contribution in [2.24, 2.45) is 5.73 Å². The van der Waals surface area contributed by atoms with E-state index in [0.29, 0.717) is 6.54 Å². The molecule has 0 spiro atoms. The summed E-state index contributed by atoms with van der Waals surface area (Å²) in [7, 11) is 0. The second-order valence-corrected chi connectivity index (χ2v) is 3.14. The van der Waals surface area contributed by atoms with Crippen LogP contribution >= 0.6 is 11.6 Å². The molecule has 66 valence electrons. The molecule has 0 saturated carbocycles. The van der Waals surface area contributed by atoms with E-state index in [1.165, 1.54) is 11.1 Å². The first kappa shape index (κ1) is 9.56. The molecule has 1 nitrogen and oxygen atoms in total. The SMILES string of the molecule is NCc1ccccc1CCCCl. The Labute approximate surface area is 78.5 Å². The summed E-state index contributed by atoms with van der Waals surface area (Å²) < 4.78 is 0. The Kier molecular flexibility index (Phi) is 4.12. The van der Waals surface area contributed by atoms with Gasteiger partial charge in [-0.3, -0.25) is 0 Å². The molecule has 0 atom stereocenters. The maximum absolute atomic E-state index is 5.62. The average Bonchev–Trinajstić information content (AvgIpc) is 2.15. The van der Waals surface area contributed by atoms with E-state index < -0.39 is 0 Å². The predicted molar refractivity (Wildman–Crippen MR) is 53.4 cm³/mol. The summed E-state index contributed by atoms with van der Waals surface area (Å²) in [6, 6.07) is 8.26. The van der Waals surface area contributed by atoms with Crippen LogP contribution in [0.2, 0.25) is 0 Å². The predicted octanol–water partition coefficient (Wildman–Crippen LogP) is 2.32. The van der Waals surface area contributed by atoms with Crippen molar-refractivity contribution in [2.75, 3.05) is 5.88 Å². The van der Waals surface area contributed by atoms with Gasteiger partial charge in [0.1, 0.15) is 0 Å². The first-order valence-corrected chi connectivity index (χ1v) is 4.74. The van der Waals surface area contributed by atoms with Crippen molar-refractivity contribution in [3.05, 3.63) is 35.4 Å². The van der Waals surface area contributed by atoms with Gasteiger partial charge in [-0.15, -0.1) is 11.6 Å². The van der Waals surface area contributed by atoms with Crippen LogP contribution in [-0.4, -0.2) is 5.88 Å². The van der Waals surface area contributed by atoms with Crippen LogP contribution < -0.4 is 5.73 Å². The Morgan fingerprint density at radius 3 is 2.42 bits per heavy atom. The Morgan fingerprint density at radius 1 is 1.17 bits per heavy atom. The van der Waals surface area contributed by atoms with E-state index in [-0.39, 0.29) is 0 Å². The largest absolute Gasteiger partial charge is 0.326 e. The Hall–Kier alpha value is -0.530. The highest BCUT2D eigenvalue weighted by molar-refractivity contribution is 6.17. The zero-order valence-corrected chi connectivity index (χ0v) is 7.85. The van der Waals surface area contributed by atoms with Gasteiger partial charge in [0.2, 0.25) is 0 Å². The van der Waals surface area contributed by atoms with E-state index in [0.717, 1.165) is 18.7 Å². The molecule has 12 heavy (non-hydrogen) atoms. The molecule has 0 amide bonds. The topological polar surface area (TPSA) is 26.0 Å². The van der Waals surface area contributed by atoms with Crippen LogP contribution in [0.5, 0.6) is 0 Å². The summed E-state index contributed by atoms with van der Waals surface area (Å²) in [6.07, 6.45) is 2.06. The fourth-order valence-corrected chi connectivity index (χ4v) is 1.39. The zero-order valence-electron chi connectivity index (χ0n) is 7.09. The molecule has 0 bridgehead atoms. The second-order valence-electron chi connectivity index (χ2n) is 2.77. The zero-order chi connectivity index (χ0) is 8.81. The molecule has 0 aliphatic carbocycles. The number of nitrogens with two attached hydrogens (primary N) is 1. The van der Waals surface area contributed by atoms with Gasteiger partial charge < -0.3 is 5.73 Å². The number of hydrogen-bond donors (Lipinski definition) is 1. The number of rotatable bonds is 4. The lowest BCUT2D eigenvalue weighted by Gasteiger charge is -2.05. The van der Waals surface area contributed by atoms with Crippen molar-refractivity contribution in [1.82, 2.24) is 0 Å². The van der Waals surface area contributed by atoms with Gasteiger partial charge in [0.25, 0.3) is 0 Å². The lowest BCUT2D eigenvalue weighted by molar-refractivity contribution is 0.898. The number of halogens is 1. The van der Waals surface area contributed by atoms with Gasteiger partial charge in [-0.1, -0.05) is 24.3 Å². The third-order valence-electron chi connectivity index (χ3n) is 1.92. The second kappa shape index (κ2) is 5.18. The third kappa shape index (κ3) is 2.50. The molecular formula is C10H14ClN. The molecule has 0 aliphatic rings. The molecular weight excluding hydrogens is 170 g/mol. The molecule has 1 aromatic rings. The molecule has 0 radical (unpaired) electrons. The minimum absolute atomic E-state index is 0.623. The molecule has 0 heterocycles. The van der Waals surface area contributed by atoms with Gasteiger partial charge >= 0.3 is 0 Å². The quantitative estimate of drug-likeness (QED) is 0.713. The fourth-order valence-electron chi connectivity index (χ4n) is 1.26. The van der Waals surface area contributed by atoms with Crippen LogP contribution in [0.25, 0.3) is 0 Å². The van der Waals surface area contributed by atoms with Crippen molar-refractivity contribution in [1.29, 1.82) is 0 Å². The lowest BCUT2D eigenvalue weighted by atomic mass is 10.0. The molecule has 0 unspecified atom stereocenters. The first-order chi connectivity index (χ1) is 5.88. The maximum Gasteiger partial charge on any atom is 0.0226 e. The molecule has 2 N–H and O–H groups in total. The van der Waals surface area contributed by atoms with Crippen molar-refractivity contribution in [2.45, 2.75) is 19.4 Å². The van der Waals surface area contributed by atoms with Gasteiger partial charge in [-0.05, 0) is 24.0 Å². The Balaban J connectivity index is 2.68. The summed E-state index contributed by atoms with van der Waals surface area (Å²) in [6.45, 7) is 0.623. The van der Waals surface area contributed by atoms with Crippen LogP contribution in [-0.2, 0) is 13.0 Å². The van der Waals surface area contributed by atoms with Gasteiger partial charge in [0.05, 0.1) is 0 Å². The van der Waals surface area contributed by atoms with Gasteiger partial charge in [0.15, 0.2) is 0 Å². The van der Waals surface area contributed by atoms with Gasteiger partial charge in [-0.25, -0.2) is 0 Å². The van der Waals surface area contributed by atoms with E-state index in [1.54, 1.807) is 0 Å². The van der Waals surface area contributed by atoms with Crippen molar-refractivity contribution < 1.29 is 0 Å². The molecule has 0 fully saturated rings. The van der Waals surface area contributed by atoms with Crippen LogP contribution in [0, 0.1) is 0 Å². The van der Waals surface area contributed by atoms with Crippen molar-refractivity contribution >= 4 is 11.6 Å².